The standard InChI is InChI=1S/C13H15FO/c14-12-6-7-13(15)11(9-12)8-10-4-2-1-3-5-10/h1-5,11-12H,6-9H2. The van der Waals surface area contributed by atoms with Gasteiger partial charge in [0.25, 0.3) is 0 Å². The molecule has 1 fully saturated rings. The van der Waals surface area contributed by atoms with E-state index in [4.69, 9.17) is 0 Å². The Labute approximate surface area is 89.3 Å². The first-order valence-electron chi connectivity index (χ1n) is 5.46. The molecule has 0 bridgehead atoms. The highest BCUT2D eigenvalue weighted by Crippen LogP contribution is 2.26. The zero-order valence-electron chi connectivity index (χ0n) is 8.66. The minimum atomic E-state index is -0.781. The number of rotatable bonds is 2. The lowest BCUT2D eigenvalue weighted by atomic mass is 9.83. The highest BCUT2D eigenvalue weighted by Gasteiger charge is 2.28. The molecule has 2 rings (SSSR count). The van der Waals surface area contributed by atoms with Gasteiger partial charge in [-0.3, -0.25) is 4.79 Å². The van der Waals surface area contributed by atoms with Gasteiger partial charge in [0.05, 0.1) is 0 Å². The summed E-state index contributed by atoms with van der Waals surface area (Å²) in [4.78, 5) is 11.6. The van der Waals surface area contributed by atoms with E-state index in [1.54, 1.807) is 0 Å². The van der Waals surface area contributed by atoms with Crippen LogP contribution in [0, 0.1) is 5.92 Å². The summed E-state index contributed by atoms with van der Waals surface area (Å²) in [5, 5.41) is 0. The second-order valence-electron chi connectivity index (χ2n) is 4.22. The Balaban J connectivity index is 2.01. The SMILES string of the molecule is O=C1CCC(F)CC1Cc1ccccc1. The van der Waals surface area contributed by atoms with Crippen molar-refractivity contribution < 1.29 is 9.18 Å². The Morgan fingerprint density at radius 2 is 2.00 bits per heavy atom. The molecule has 1 aromatic rings. The second kappa shape index (κ2) is 4.56. The number of alkyl halides is 1. The lowest BCUT2D eigenvalue weighted by Crippen LogP contribution is -2.27. The molecule has 1 saturated carbocycles. The maximum absolute atomic E-state index is 13.2. The second-order valence-corrected chi connectivity index (χ2v) is 4.22. The first-order chi connectivity index (χ1) is 7.25. The van der Waals surface area contributed by atoms with Crippen molar-refractivity contribution in [2.75, 3.05) is 0 Å². The van der Waals surface area contributed by atoms with Gasteiger partial charge in [0, 0.05) is 12.3 Å². The average molecular weight is 206 g/mol. The van der Waals surface area contributed by atoms with Gasteiger partial charge in [-0.25, -0.2) is 4.39 Å². The molecule has 0 aromatic heterocycles. The van der Waals surface area contributed by atoms with E-state index in [0.717, 1.165) is 5.56 Å². The zero-order chi connectivity index (χ0) is 10.7. The number of carbonyl (C=O) groups is 1. The van der Waals surface area contributed by atoms with Crippen LogP contribution < -0.4 is 0 Å². The predicted molar refractivity (Wildman–Crippen MR) is 57.4 cm³/mol. The molecule has 2 heteroatoms. The molecule has 0 aliphatic heterocycles. The molecular weight excluding hydrogens is 191 g/mol. The highest BCUT2D eigenvalue weighted by atomic mass is 19.1. The van der Waals surface area contributed by atoms with E-state index in [2.05, 4.69) is 0 Å². The first kappa shape index (κ1) is 10.3. The van der Waals surface area contributed by atoms with Crippen molar-refractivity contribution in [2.45, 2.75) is 31.9 Å². The van der Waals surface area contributed by atoms with Crippen molar-refractivity contribution in [3.8, 4) is 0 Å². The molecule has 0 spiro atoms. The predicted octanol–water partition coefficient (Wildman–Crippen LogP) is 2.94. The quantitative estimate of drug-likeness (QED) is 0.727. The summed E-state index contributed by atoms with van der Waals surface area (Å²) in [6.45, 7) is 0. The van der Waals surface area contributed by atoms with Crippen LogP contribution in [0.5, 0.6) is 0 Å². The van der Waals surface area contributed by atoms with E-state index in [0.29, 0.717) is 25.7 Å². The maximum atomic E-state index is 13.2. The van der Waals surface area contributed by atoms with E-state index in [-0.39, 0.29) is 11.7 Å². The van der Waals surface area contributed by atoms with Crippen LogP contribution in [0.1, 0.15) is 24.8 Å². The monoisotopic (exact) mass is 206 g/mol. The molecule has 0 heterocycles. The molecule has 1 aliphatic rings. The number of halogens is 1. The highest BCUT2D eigenvalue weighted by molar-refractivity contribution is 5.82. The van der Waals surface area contributed by atoms with Crippen LogP contribution in [0.3, 0.4) is 0 Å². The lowest BCUT2D eigenvalue weighted by Gasteiger charge is -2.23. The summed E-state index contributed by atoms with van der Waals surface area (Å²) in [7, 11) is 0. The van der Waals surface area contributed by atoms with Crippen molar-refractivity contribution in [1.29, 1.82) is 0 Å². The van der Waals surface area contributed by atoms with E-state index in [1.807, 2.05) is 30.3 Å². The van der Waals surface area contributed by atoms with Crippen molar-refractivity contribution in [2.24, 2.45) is 5.92 Å². The third kappa shape index (κ3) is 2.65. The van der Waals surface area contributed by atoms with Crippen LogP contribution in [-0.2, 0) is 11.2 Å². The van der Waals surface area contributed by atoms with Gasteiger partial charge in [0.1, 0.15) is 12.0 Å². The van der Waals surface area contributed by atoms with Crippen LogP contribution in [-0.4, -0.2) is 12.0 Å². The summed E-state index contributed by atoms with van der Waals surface area (Å²) >= 11 is 0. The summed E-state index contributed by atoms with van der Waals surface area (Å²) in [6.07, 6.45) is 1.16. The Morgan fingerprint density at radius 3 is 2.73 bits per heavy atom. The van der Waals surface area contributed by atoms with Crippen molar-refractivity contribution in [3.05, 3.63) is 35.9 Å². The Hall–Kier alpha value is -1.18. The maximum Gasteiger partial charge on any atom is 0.136 e. The fraction of sp³-hybridized carbons (Fsp3) is 0.462. The molecule has 0 N–H and O–H groups in total. The van der Waals surface area contributed by atoms with Crippen molar-refractivity contribution >= 4 is 5.78 Å². The molecule has 0 radical (unpaired) electrons. The van der Waals surface area contributed by atoms with E-state index >= 15 is 0 Å². The molecule has 1 nitrogen and oxygen atoms in total. The lowest BCUT2D eigenvalue weighted by molar-refractivity contribution is -0.125. The average Bonchev–Trinajstić information content (AvgIpc) is 2.25. The van der Waals surface area contributed by atoms with Gasteiger partial charge in [-0.2, -0.15) is 0 Å². The molecule has 0 saturated heterocycles. The Kier molecular flexibility index (Phi) is 3.14. The largest absolute Gasteiger partial charge is 0.299 e. The van der Waals surface area contributed by atoms with Gasteiger partial charge in [0.15, 0.2) is 0 Å². The molecular formula is C13H15FO. The van der Waals surface area contributed by atoms with E-state index in [1.165, 1.54) is 0 Å². The minimum absolute atomic E-state index is 0.101. The number of Topliss-reactive ketones (excluding diaryl/α,β-unsaturated/α-hetero) is 1. The summed E-state index contributed by atoms with van der Waals surface area (Å²) < 4.78 is 13.2. The third-order valence-electron chi connectivity index (χ3n) is 3.02. The molecule has 2 atom stereocenters. The van der Waals surface area contributed by atoms with Gasteiger partial charge < -0.3 is 0 Å². The molecule has 80 valence electrons. The van der Waals surface area contributed by atoms with Gasteiger partial charge in [-0.1, -0.05) is 30.3 Å². The summed E-state index contributed by atoms with van der Waals surface area (Å²) in [5.74, 6) is 0.129. The number of carbonyl (C=O) groups excluding carboxylic acids is 1. The van der Waals surface area contributed by atoms with Crippen LogP contribution >= 0.6 is 0 Å². The Morgan fingerprint density at radius 1 is 1.27 bits per heavy atom. The summed E-state index contributed by atoms with van der Waals surface area (Å²) in [5.41, 5.74) is 1.13. The Bertz CT molecular complexity index is 334. The number of hydrogen-bond acceptors (Lipinski definition) is 1. The first-order valence-corrected chi connectivity index (χ1v) is 5.46. The molecule has 15 heavy (non-hydrogen) atoms. The van der Waals surface area contributed by atoms with Crippen LogP contribution in [0.2, 0.25) is 0 Å². The van der Waals surface area contributed by atoms with Gasteiger partial charge in [-0.05, 0) is 24.8 Å². The number of ketones is 1. The summed E-state index contributed by atoms with van der Waals surface area (Å²) in [6, 6.07) is 9.85. The van der Waals surface area contributed by atoms with Gasteiger partial charge >= 0.3 is 0 Å². The minimum Gasteiger partial charge on any atom is -0.299 e. The fourth-order valence-electron chi connectivity index (χ4n) is 2.16. The smallest absolute Gasteiger partial charge is 0.136 e. The van der Waals surface area contributed by atoms with Crippen LogP contribution in [0.4, 0.5) is 4.39 Å². The fourth-order valence-corrected chi connectivity index (χ4v) is 2.16. The van der Waals surface area contributed by atoms with E-state index < -0.39 is 6.17 Å². The number of benzene rings is 1. The molecule has 2 unspecified atom stereocenters. The molecule has 1 aliphatic carbocycles. The van der Waals surface area contributed by atoms with Crippen molar-refractivity contribution in [3.63, 3.8) is 0 Å². The van der Waals surface area contributed by atoms with E-state index in [9.17, 15) is 9.18 Å². The van der Waals surface area contributed by atoms with Gasteiger partial charge in [-0.15, -0.1) is 0 Å². The van der Waals surface area contributed by atoms with Crippen molar-refractivity contribution in [1.82, 2.24) is 0 Å². The molecule has 0 amide bonds. The molecule has 1 aromatic carbocycles. The van der Waals surface area contributed by atoms with Crippen LogP contribution in [0.15, 0.2) is 30.3 Å². The zero-order valence-corrected chi connectivity index (χ0v) is 8.66. The van der Waals surface area contributed by atoms with Crippen LogP contribution in [0.25, 0.3) is 0 Å². The number of hydrogen-bond donors (Lipinski definition) is 0. The normalized spacial score (nSPS) is 26.6. The topological polar surface area (TPSA) is 17.1 Å². The third-order valence-corrected chi connectivity index (χ3v) is 3.02. The van der Waals surface area contributed by atoms with Gasteiger partial charge in [0.2, 0.25) is 0 Å².